The third kappa shape index (κ3) is 2.97. The van der Waals surface area contributed by atoms with Gasteiger partial charge in [0.05, 0.1) is 11.4 Å². The number of aliphatic hydroxyl groups excluding tert-OH is 1. The van der Waals surface area contributed by atoms with Crippen molar-refractivity contribution in [2.24, 2.45) is 0 Å². The van der Waals surface area contributed by atoms with E-state index in [1.54, 1.807) is 66.7 Å². The number of Topliss-reactive ketones (excluding diaryl/α,β-unsaturated/α-hetero) is 1. The van der Waals surface area contributed by atoms with Crippen LogP contribution in [0.3, 0.4) is 0 Å². The number of carbonyl (C=O) groups is 1. The van der Waals surface area contributed by atoms with E-state index in [1.165, 1.54) is 12.1 Å². The van der Waals surface area contributed by atoms with Gasteiger partial charge in [-0.1, -0.05) is 72.8 Å². The van der Waals surface area contributed by atoms with Gasteiger partial charge >= 0.3 is 0 Å². The first-order chi connectivity index (χ1) is 13.5. The normalized spacial score (nSPS) is 17.1. The highest BCUT2D eigenvalue weighted by molar-refractivity contribution is 7.89. The van der Waals surface area contributed by atoms with E-state index >= 15 is 0 Å². The van der Waals surface area contributed by atoms with Gasteiger partial charge in [-0.2, -0.15) is 0 Å². The van der Waals surface area contributed by atoms with Crippen LogP contribution in [0.5, 0.6) is 0 Å². The summed E-state index contributed by atoms with van der Waals surface area (Å²) < 4.78 is 27.7. The summed E-state index contributed by atoms with van der Waals surface area (Å²) in [4.78, 5) is 13.1. The van der Waals surface area contributed by atoms with Gasteiger partial charge in [-0.15, -0.1) is 0 Å². The van der Waals surface area contributed by atoms with Crippen molar-refractivity contribution in [2.75, 3.05) is 0 Å². The fourth-order valence-electron chi connectivity index (χ4n) is 3.23. The van der Waals surface area contributed by atoms with Crippen LogP contribution < -0.4 is 0 Å². The first kappa shape index (κ1) is 18.0. The highest BCUT2D eigenvalue weighted by Crippen LogP contribution is 2.36. The first-order valence-corrected chi connectivity index (χ1v) is 10.1. The number of allylic oxidation sites excluding steroid dienone is 1. The van der Waals surface area contributed by atoms with Crippen LogP contribution in [0.4, 0.5) is 0 Å². The molecule has 0 unspecified atom stereocenters. The maximum absolute atomic E-state index is 13.3. The number of ketones is 1. The van der Waals surface area contributed by atoms with Gasteiger partial charge in [-0.3, -0.25) is 9.10 Å². The first-order valence-electron chi connectivity index (χ1n) is 8.69. The summed E-state index contributed by atoms with van der Waals surface area (Å²) in [7, 11) is -4.02. The molecule has 4 rings (SSSR count). The fraction of sp³-hybridized carbons (Fsp3) is 0.0455. The Labute approximate surface area is 163 Å². The van der Waals surface area contributed by atoms with Crippen molar-refractivity contribution in [3.8, 4) is 0 Å². The van der Waals surface area contributed by atoms with Gasteiger partial charge in [0.1, 0.15) is 5.70 Å². The lowest BCUT2D eigenvalue weighted by Crippen LogP contribution is -2.39. The number of benzene rings is 3. The van der Waals surface area contributed by atoms with Crippen molar-refractivity contribution in [2.45, 2.75) is 11.4 Å². The molecule has 0 radical (unpaired) electrons. The van der Waals surface area contributed by atoms with Crippen LogP contribution in [0.2, 0.25) is 0 Å². The molecule has 0 saturated carbocycles. The number of nitrogens with zero attached hydrogens (tertiary/aromatic N) is 1. The van der Waals surface area contributed by atoms with Crippen molar-refractivity contribution in [3.05, 3.63) is 107 Å². The number of hydrogen-bond donors (Lipinski definition) is 1. The molecule has 1 N–H and O–H groups in total. The Bertz CT molecular complexity index is 1170. The molecule has 3 aromatic rings. The summed E-state index contributed by atoms with van der Waals surface area (Å²) in [6.07, 6.45) is 0. The average Bonchev–Trinajstić information content (AvgIpc) is 2.73. The number of carbonyl (C=O) groups excluding carboxylic acids is 1. The SMILES string of the molecule is O=C1/C(=C(\O)c2ccccc2)N(Cc2ccccc2)S(=O)(=O)c2ccccc21. The van der Waals surface area contributed by atoms with E-state index in [9.17, 15) is 18.3 Å². The molecule has 0 amide bonds. The van der Waals surface area contributed by atoms with Gasteiger partial charge in [0.15, 0.2) is 5.76 Å². The molecule has 6 heteroatoms. The number of hydrogen-bond acceptors (Lipinski definition) is 4. The number of rotatable bonds is 3. The molecule has 0 saturated heterocycles. The molecule has 1 aliphatic rings. The van der Waals surface area contributed by atoms with E-state index in [4.69, 9.17) is 0 Å². The van der Waals surface area contributed by atoms with Crippen molar-refractivity contribution >= 4 is 21.6 Å². The van der Waals surface area contributed by atoms with Crippen molar-refractivity contribution < 1.29 is 18.3 Å². The summed E-state index contributed by atoms with van der Waals surface area (Å²) in [5.74, 6) is -0.887. The second kappa shape index (κ2) is 6.98. The molecule has 0 aliphatic carbocycles. The maximum Gasteiger partial charge on any atom is 0.265 e. The van der Waals surface area contributed by atoms with Crippen LogP contribution in [-0.4, -0.2) is 23.6 Å². The molecule has 0 spiro atoms. The quantitative estimate of drug-likeness (QED) is 0.541. The highest BCUT2D eigenvalue weighted by atomic mass is 32.2. The zero-order chi connectivity index (χ0) is 19.7. The van der Waals surface area contributed by atoms with Crippen molar-refractivity contribution in [1.82, 2.24) is 4.31 Å². The Morgan fingerprint density at radius 3 is 2.07 bits per heavy atom. The number of sulfonamides is 1. The summed E-state index contributed by atoms with van der Waals surface area (Å²) in [6, 6.07) is 23.5. The molecular weight excluding hydrogens is 374 g/mol. The molecule has 1 heterocycles. The maximum atomic E-state index is 13.3. The lowest BCUT2D eigenvalue weighted by atomic mass is 10.0. The molecular formula is C22H17NO4S. The van der Waals surface area contributed by atoms with Crippen LogP contribution in [0.1, 0.15) is 21.5 Å². The van der Waals surface area contributed by atoms with Crippen LogP contribution >= 0.6 is 0 Å². The van der Waals surface area contributed by atoms with E-state index < -0.39 is 15.8 Å². The van der Waals surface area contributed by atoms with E-state index in [1.807, 2.05) is 6.07 Å². The zero-order valence-corrected chi connectivity index (χ0v) is 15.6. The van der Waals surface area contributed by atoms with E-state index in [0.29, 0.717) is 11.1 Å². The Kier molecular flexibility index (Phi) is 4.49. The predicted octanol–water partition coefficient (Wildman–Crippen LogP) is 4.00. The van der Waals surface area contributed by atoms with E-state index in [0.717, 1.165) is 4.31 Å². The minimum atomic E-state index is -4.02. The van der Waals surface area contributed by atoms with Gasteiger partial charge in [-0.05, 0) is 17.7 Å². The third-order valence-corrected chi connectivity index (χ3v) is 6.41. The Morgan fingerprint density at radius 1 is 0.821 bits per heavy atom. The second-order valence-electron chi connectivity index (χ2n) is 6.39. The summed E-state index contributed by atoms with van der Waals surface area (Å²) in [5, 5.41) is 10.9. The highest BCUT2D eigenvalue weighted by Gasteiger charge is 2.41. The van der Waals surface area contributed by atoms with Gasteiger partial charge < -0.3 is 5.11 Å². The van der Waals surface area contributed by atoms with Crippen LogP contribution in [0.25, 0.3) is 5.76 Å². The van der Waals surface area contributed by atoms with Crippen molar-refractivity contribution in [1.29, 1.82) is 0 Å². The fourth-order valence-corrected chi connectivity index (χ4v) is 4.89. The molecule has 0 aromatic heterocycles. The molecule has 28 heavy (non-hydrogen) atoms. The summed E-state index contributed by atoms with van der Waals surface area (Å²) in [6.45, 7) is -0.0600. The third-order valence-electron chi connectivity index (χ3n) is 4.60. The molecule has 0 atom stereocenters. The summed E-state index contributed by atoms with van der Waals surface area (Å²) in [5.41, 5.74) is 0.896. The molecule has 0 fully saturated rings. The largest absolute Gasteiger partial charge is 0.505 e. The predicted molar refractivity (Wildman–Crippen MR) is 106 cm³/mol. The standard InChI is InChI=1S/C22H17NO4S/c24-21(17-11-5-2-6-12-17)20-22(25)18-13-7-8-14-19(18)28(26,27)23(20)15-16-9-3-1-4-10-16/h1-14,24H,15H2/b21-20+. The van der Waals surface area contributed by atoms with Gasteiger partial charge in [0.25, 0.3) is 10.0 Å². The second-order valence-corrected chi connectivity index (χ2v) is 8.22. The minimum absolute atomic E-state index is 0.0551. The van der Waals surface area contributed by atoms with Gasteiger partial charge in [0.2, 0.25) is 5.78 Å². The van der Waals surface area contributed by atoms with Crippen LogP contribution in [-0.2, 0) is 16.6 Å². The van der Waals surface area contributed by atoms with E-state index in [2.05, 4.69) is 0 Å². The topological polar surface area (TPSA) is 74.7 Å². The molecule has 3 aromatic carbocycles. The monoisotopic (exact) mass is 391 g/mol. The van der Waals surface area contributed by atoms with Crippen LogP contribution in [0, 0.1) is 0 Å². The molecule has 140 valence electrons. The Balaban J connectivity index is 1.97. The smallest absolute Gasteiger partial charge is 0.265 e. The van der Waals surface area contributed by atoms with Crippen LogP contribution in [0.15, 0.2) is 95.5 Å². The molecule has 0 bridgehead atoms. The lowest BCUT2D eigenvalue weighted by molar-refractivity contribution is 0.0997. The average molecular weight is 391 g/mol. The van der Waals surface area contributed by atoms with E-state index in [-0.39, 0.29) is 28.5 Å². The number of fused-ring (bicyclic) bond motifs is 1. The molecule has 1 aliphatic heterocycles. The summed E-state index contributed by atoms with van der Waals surface area (Å²) >= 11 is 0. The van der Waals surface area contributed by atoms with Gasteiger partial charge in [0, 0.05) is 11.1 Å². The minimum Gasteiger partial charge on any atom is -0.505 e. The Hall–Kier alpha value is -3.38. The Morgan fingerprint density at radius 2 is 1.39 bits per heavy atom. The lowest BCUT2D eigenvalue weighted by Gasteiger charge is -2.32. The van der Waals surface area contributed by atoms with Gasteiger partial charge in [-0.25, -0.2) is 8.42 Å². The zero-order valence-electron chi connectivity index (χ0n) is 14.8. The molecule has 5 nitrogen and oxygen atoms in total. The van der Waals surface area contributed by atoms with Crippen molar-refractivity contribution in [3.63, 3.8) is 0 Å². The number of aliphatic hydroxyl groups is 1.